The first-order valence-electron chi connectivity index (χ1n) is 8.07. The molecule has 134 valence electrons. The zero-order valence-electron chi connectivity index (χ0n) is 14.2. The molecule has 2 aromatic carbocycles. The van der Waals surface area contributed by atoms with Crippen molar-refractivity contribution in [1.82, 2.24) is 0 Å². The number of hydrogen-bond acceptors (Lipinski definition) is 4. The van der Waals surface area contributed by atoms with E-state index in [1.807, 2.05) is 19.9 Å². The Hall–Kier alpha value is -1.86. The Morgan fingerprint density at radius 2 is 1.68 bits per heavy atom. The van der Waals surface area contributed by atoms with Crippen LogP contribution in [0.3, 0.4) is 0 Å². The van der Waals surface area contributed by atoms with Crippen molar-refractivity contribution in [2.75, 3.05) is 15.8 Å². The number of nitrogens with zero attached hydrogens (tertiary/aromatic N) is 1. The van der Waals surface area contributed by atoms with Crippen LogP contribution >= 0.6 is 0 Å². The Kier molecular flexibility index (Phi) is 4.64. The van der Waals surface area contributed by atoms with Gasteiger partial charge in [-0.05, 0) is 50.1 Å². The molecule has 2 aromatic rings. The molecular formula is C18H21NO4S2. The minimum absolute atomic E-state index is 0.0173. The van der Waals surface area contributed by atoms with Crippen molar-refractivity contribution in [2.45, 2.75) is 31.2 Å². The molecule has 0 aromatic heterocycles. The van der Waals surface area contributed by atoms with Gasteiger partial charge in [0.2, 0.25) is 0 Å². The van der Waals surface area contributed by atoms with E-state index >= 15 is 0 Å². The maximum Gasteiger partial charge on any atom is 0.264 e. The van der Waals surface area contributed by atoms with Gasteiger partial charge in [-0.25, -0.2) is 16.8 Å². The first-order valence-corrected chi connectivity index (χ1v) is 11.3. The summed E-state index contributed by atoms with van der Waals surface area (Å²) in [5, 5.41) is 0. The van der Waals surface area contributed by atoms with Crippen LogP contribution in [0.2, 0.25) is 0 Å². The number of aryl methyl sites for hydroxylation is 2. The SMILES string of the molecule is Cc1ccc(S(=O)(=O)N(c2cccc(C)c2)[C@@H]2CCS(=O)(=O)C2)cc1. The van der Waals surface area contributed by atoms with Crippen molar-refractivity contribution in [1.29, 1.82) is 0 Å². The fraction of sp³-hybridized carbons (Fsp3) is 0.333. The standard InChI is InChI=1S/C18H21NO4S2/c1-14-6-8-18(9-7-14)25(22,23)19(16-5-3-4-15(2)12-16)17-10-11-24(20,21)13-17/h3-9,12,17H,10-11,13H2,1-2H3/t17-/m1/s1. The van der Waals surface area contributed by atoms with E-state index in [2.05, 4.69) is 0 Å². The third-order valence-electron chi connectivity index (χ3n) is 4.37. The van der Waals surface area contributed by atoms with E-state index in [9.17, 15) is 16.8 Å². The molecule has 0 N–H and O–H groups in total. The van der Waals surface area contributed by atoms with E-state index in [1.165, 1.54) is 4.31 Å². The molecule has 0 aliphatic carbocycles. The number of rotatable bonds is 4. The van der Waals surface area contributed by atoms with Crippen LogP contribution in [0.5, 0.6) is 0 Å². The maximum absolute atomic E-state index is 13.3. The number of anilines is 1. The molecule has 25 heavy (non-hydrogen) atoms. The minimum atomic E-state index is -3.85. The van der Waals surface area contributed by atoms with Gasteiger partial charge in [0.05, 0.1) is 28.1 Å². The highest BCUT2D eigenvalue weighted by Gasteiger charge is 2.39. The molecule has 0 spiro atoms. The Morgan fingerprint density at radius 3 is 2.24 bits per heavy atom. The third kappa shape index (κ3) is 3.72. The summed E-state index contributed by atoms with van der Waals surface area (Å²) < 4.78 is 51.7. The van der Waals surface area contributed by atoms with Crippen molar-refractivity contribution in [3.63, 3.8) is 0 Å². The van der Waals surface area contributed by atoms with Gasteiger partial charge in [0, 0.05) is 0 Å². The van der Waals surface area contributed by atoms with Gasteiger partial charge in [0.25, 0.3) is 10.0 Å². The molecule has 7 heteroatoms. The number of benzene rings is 2. The van der Waals surface area contributed by atoms with Gasteiger partial charge in [0.1, 0.15) is 0 Å². The van der Waals surface area contributed by atoms with Gasteiger partial charge in [-0.15, -0.1) is 0 Å². The molecule has 5 nitrogen and oxygen atoms in total. The molecule has 1 saturated heterocycles. The zero-order valence-corrected chi connectivity index (χ0v) is 15.8. The van der Waals surface area contributed by atoms with E-state index in [4.69, 9.17) is 0 Å². The van der Waals surface area contributed by atoms with Crippen LogP contribution < -0.4 is 4.31 Å². The lowest BCUT2D eigenvalue weighted by molar-refractivity contribution is 0.580. The summed E-state index contributed by atoms with van der Waals surface area (Å²) in [4.78, 5) is 0.170. The van der Waals surface area contributed by atoms with Crippen molar-refractivity contribution in [2.24, 2.45) is 0 Å². The Bertz CT molecular complexity index is 980. The van der Waals surface area contributed by atoms with Crippen LogP contribution in [0.15, 0.2) is 53.4 Å². The Balaban J connectivity index is 2.12. The predicted octanol–water partition coefficient (Wildman–Crippen LogP) is 2.69. The lowest BCUT2D eigenvalue weighted by atomic mass is 10.2. The summed E-state index contributed by atoms with van der Waals surface area (Å²) in [6, 6.07) is 13.2. The molecule has 0 amide bonds. The molecule has 1 fully saturated rings. The monoisotopic (exact) mass is 379 g/mol. The second kappa shape index (κ2) is 6.46. The van der Waals surface area contributed by atoms with E-state index in [-0.39, 0.29) is 16.4 Å². The lowest BCUT2D eigenvalue weighted by Crippen LogP contribution is -2.41. The van der Waals surface area contributed by atoms with Crippen LogP contribution in [0.25, 0.3) is 0 Å². The topological polar surface area (TPSA) is 71.5 Å². The predicted molar refractivity (Wildman–Crippen MR) is 99.1 cm³/mol. The fourth-order valence-corrected chi connectivity index (χ4v) is 6.56. The molecule has 0 saturated carbocycles. The molecule has 1 aliphatic rings. The third-order valence-corrected chi connectivity index (χ3v) is 8.02. The van der Waals surface area contributed by atoms with Crippen molar-refractivity contribution in [3.8, 4) is 0 Å². The molecule has 1 aliphatic heterocycles. The number of sulfonamides is 1. The van der Waals surface area contributed by atoms with Gasteiger partial charge < -0.3 is 0 Å². The summed E-state index contributed by atoms with van der Waals surface area (Å²) in [6.07, 6.45) is 0.307. The van der Waals surface area contributed by atoms with E-state index in [0.29, 0.717) is 12.1 Å². The average molecular weight is 380 g/mol. The molecule has 1 heterocycles. The van der Waals surface area contributed by atoms with Crippen LogP contribution in [0, 0.1) is 13.8 Å². The summed E-state index contributed by atoms with van der Waals surface area (Å²) >= 11 is 0. The Morgan fingerprint density at radius 1 is 1.00 bits per heavy atom. The summed E-state index contributed by atoms with van der Waals surface area (Å²) in [6.45, 7) is 3.77. The lowest BCUT2D eigenvalue weighted by Gasteiger charge is -2.30. The second-order valence-electron chi connectivity index (χ2n) is 6.51. The maximum atomic E-state index is 13.3. The molecule has 1 atom stereocenters. The molecule has 0 bridgehead atoms. The molecule has 3 rings (SSSR count). The number of hydrogen-bond donors (Lipinski definition) is 0. The Labute approximate surface area is 149 Å². The normalized spacial score (nSPS) is 19.7. The van der Waals surface area contributed by atoms with Gasteiger partial charge in [-0.3, -0.25) is 4.31 Å². The van der Waals surface area contributed by atoms with Crippen molar-refractivity contribution < 1.29 is 16.8 Å². The highest BCUT2D eigenvalue weighted by atomic mass is 32.2. The largest absolute Gasteiger partial charge is 0.264 e. The van der Waals surface area contributed by atoms with Crippen molar-refractivity contribution in [3.05, 3.63) is 59.7 Å². The van der Waals surface area contributed by atoms with E-state index in [0.717, 1.165) is 11.1 Å². The number of sulfone groups is 1. The van der Waals surface area contributed by atoms with Crippen LogP contribution in [-0.4, -0.2) is 34.4 Å². The van der Waals surface area contributed by atoms with E-state index < -0.39 is 25.9 Å². The van der Waals surface area contributed by atoms with Gasteiger partial charge in [-0.2, -0.15) is 0 Å². The molecule has 0 unspecified atom stereocenters. The fourth-order valence-electron chi connectivity index (χ4n) is 3.10. The van der Waals surface area contributed by atoms with Crippen LogP contribution in [-0.2, 0) is 19.9 Å². The summed E-state index contributed by atoms with van der Waals surface area (Å²) in [5.74, 6) is -0.130. The zero-order chi connectivity index (χ0) is 18.2. The summed E-state index contributed by atoms with van der Waals surface area (Å²) in [7, 11) is -7.07. The van der Waals surface area contributed by atoms with Gasteiger partial charge in [-0.1, -0.05) is 29.8 Å². The average Bonchev–Trinajstić information content (AvgIpc) is 2.87. The second-order valence-corrected chi connectivity index (χ2v) is 10.6. The minimum Gasteiger partial charge on any atom is -0.262 e. The molecular weight excluding hydrogens is 358 g/mol. The first kappa shape index (κ1) is 17.9. The van der Waals surface area contributed by atoms with Crippen molar-refractivity contribution >= 4 is 25.5 Å². The van der Waals surface area contributed by atoms with Crippen LogP contribution in [0.4, 0.5) is 5.69 Å². The first-order chi connectivity index (χ1) is 11.7. The highest BCUT2D eigenvalue weighted by Crippen LogP contribution is 2.31. The highest BCUT2D eigenvalue weighted by molar-refractivity contribution is 7.93. The smallest absolute Gasteiger partial charge is 0.262 e. The van der Waals surface area contributed by atoms with E-state index in [1.54, 1.807) is 42.5 Å². The van der Waals surface area contributed by atoms with Gasteiger partial charge >= 0.3 is 0 Å². The van der Waals surface area contributed by atoms with Gasteiger partial charge in [0.15, 0.2) is 9.84 Å². The van der Waals surface area contributed by atoms with Crippen LogP contribution in [0.1, 0.15) is 17.5 Å². The summed E-state index contributed by atoms with van der Waals surface area (Å²) in [5.41, 5.74) is 2.38. The quantitative estimate of drug-likeness (QED) is 0.819. The molecule has 0 radical (unpaired) electrons.